The predicted molar refractivity (Wildman–Crippen MR) is 59.7 cm³/mol. The average Bonchev–Trinajstić information content (AvgIpc) is 2.17. The van der Waals surface area contributed by atoms with Gasteiger partial charge >= 0.3 is 5.97 Å². The Morgan fingerprint density at radius 2 is 2.00 bits per heavy atom. The van der Waals surface area contributed by atoms with E-state index in [2.05, 4.69) is 13.8 Å². The lowest BCUT2D eigenvalue weighted by atomic mass is 9.97. The highest BCUT2D eigenvalue weighted by atomic mass is 16.4. The first kappa shape index (κ1) is 11.7. The first-order valence-corrected chi connectivity index (χ1v) is 5.08. The van der Waals surface area contributed by atoms with E-state index in [1.165, 1.54) is 5.56 Å². The van der Waals surface area contributed by atoms with Gasteiger partial charge in [-0.05, 0) is 17.0 Å². The van der Waals surface area contributed by atoms with Gasteiger partial charge in [-0.2, -0.15) is 0 Å². The summed E-state index contributed by atoms with van der Waals surface area (Å²) in [6.07, 6.45) is -0.0262. The topological polar surface area (TPSA) is 63.3 Å². The number of aliphatic carboxylic acids is 1. The van der Waals surface area contributed by atoms with Gasteiger partial charge in [0.25, 0.3) is 0 Å². The molecule has 0 bridgehead atoms. The lowest BCUT2D eigenvalue weighted by molar-refractivity contribution is -0.137. The predicted octanol–water partition coefficient (Wildman–Crippen LogP) is 2.28. The van der Waals surface area contributed by atoms with Gasteiger partial charge in [0.1, 0.15) is 0 Å². The summed E-state index contributed by atoms with van der Waals surface area (Å²) < 4.78 is 0. The standard InChI is InChI=1S/C12H17NO2/c1-8(2)9-4-3-5-10(6-9)11(13)7-12(14)15/h3-6,8,11H,7,13H2,1-2H3,(H,14,15)/t11-/m1/s1. The number of carbonyl (C=O) groups is 1. The lowest BCUT2D eigenvalue weighted by Gasteiger charge is -2.12. The molecule has 0 heterocycles. The third-order valence-electron chi connectivity index (χ3n) is 2.40. The van der Waals surface area contributed by atoms with Crippen LogP contribution < -0.4 is 5.73 Å². The SMILES string of the molecule is CC(C)c1cccc([C@H](N)CC(=O)O)c1. The molecule has 0 aliphatic carbocycles. The maximum absolute atomic E-state index is 10.5. The van der Waals surface area contributed by atoms with Gasteiger partial charge in [0.15, 0.2) is 0 Å². The number of rotatable bonds is 4. The molecular formula is C12H17NO2. The van der Waals surface area contributed by atoms with Crippen LogP contribution in [0.4, 0.5) is 0 Å². The average molecular weight is 207 g/mol. The van der Waals surface area contributed by atoms with Crippen LogP contribution in [0.25, 0.3) is 0 Å². The number of hydrogen-bond acceptors (Lipinski definition) is 2. The fourth-order valence-corrected chi connectivity index (χ4v) is 1.45. The minimum absolute atomic E-state index is 0.0262. The number of hydrogen-bond donors (Lipinski definition) is 2. The Bertz CT molecular complexity index is 347. The molecule has 0 amide bonds. The molecule has 0 spiro atoms. The highest BCUT2D eigenvalue weighted by molar-refractivity contribution is 5.67. The Kier molecular flexibility index (Phi) is 3.86. The van der Waals surface area contributed by atoms with E-state index in [9.17, 15) is 4.79 Å². The van der Waals surface area contributed by atoms with Gasteiger partial charge in [-0.3, -0.25) is 4.79 Å². The molecule has 0 radical (unpaired) electrons. The van der Waals surface area contributed by atoms with Gasteiger partial charge < -0.3 is 10.8 Å². The van der Waals surface area contributed by atoms with Crippen molar-refractivity contribution in [3.8, 4) is 0 Å². The van der Waals surface area contributed by atoms with Crippen LogP contribution in [0.5, 0.6) is 0 Å². The Morgan fingerprint density at radius 3 is 2.53 bits per heavy atom. The van der Waals surface area contributed by atoms with E-state index in [4.69, 9.17) is 10.8 Å². The molecular weight excluding hydrogens is 190 g/mol. The van der Waals surface area contributed by atoms with Crippen LogP contribution in [-0.2, 0) is 4.79 Å². The molecule has 0 aliphatic heterocycles. The number of nitrogens with two attached hydrogens (primary N) is 1. The number of benzene rings is 1. The van der Waals surface area contributed by atoms with Crippen molar-refractivity contribution in [3.63, 3.8) is 0 Å². The molecule has 0 aliphatic rings. The molecule has 0 aromatic heterocycles. The van der Waals surface area contributed by atoms with E-state index in [-0.39, 0.29) is 6.42 Å². The van der Waals surface area contributed by atoms with Crippen LogP contribution in [0.2, 0.25) is 0 Å². The van der Waals surface area contributed by atoms with E-state index in [0.717, 1.165) is 5.56 Å². The third kappa shape index (κ3) is 3.36. The van der Waals surface area contributed by atoms with Crippen molar-refractivity contribution in [1.82, 2.24) is 0 Å². The van der Waals surface area contributed by atoms with Crippen molar-refractivity contribution < 1.29 is 9.90 Å². The van der Waals surface area contributed by atoms with E-state index < -0.39 is 12.0 Å². The minimum Gasteiger partial charge on any atom is -0.481 e. The summed E-state index contributed by atoms with van der Waals surface area (Å²) >= 11 is 0. The Hall–Kier alpha value is -1.35. The summed E-state index contributed by atoms with van der Waals surface area (Å²) in [5, 5.41) is 8.64. The summed E-state index contributed by atoms with van der Waals surface area (Å²) in [5.41, 5.74) is 7.86. The van der Waals surface area contributed by atoms with E-state index >= 15 is 0 Å². The van der Waals surface area contributed by atoms with Gasteiger partial charge in [-0.25, -0.2) is 0 Å². The largest absolute Gasteiger partial charge is 0.481 e. The van der Waals surface area contributed by atoms with Gasteiger partial charge in [0, 0.05) is 6.04 Å². The molecule has 15 heavy (non-hydrogen) atoms. The van der Waals surface area contributed by atoms with E-state index in [0.29, 0.717) is 5.92 Å². The summed E-state index contributed by atoms with van der Waals surface area (Å²) in [6, 6.07) is 7.40. The highest BCUT2D eigenvalue weighted by Crippen LogP contribution is 2.20. The zero-order chi connectivity index (χ0) is 11.4. The smallest absolute Gasteiger partial charge is 0.305 e. The second kappa shape index (κ2) is 4.94. The van der Waals surface area contributed by atoms with E-state index in [1.807, 2.05) is 24.3 Å². The van der Waals surface area contributed by atoms with Crippen molar-refractivity contribution in [2.45, 2.75) is 32.2 Å². The molecule has 0 saturated carbocycles. The summed E-state index contributed by atoms with van der Waals surface area (Å²) in [6.45, 7) is 4.20. The van der Waals surface area contributed by atoms with Crippen molar-refractivity contribution >= 4 is 5.97 Å². The molecule has 3 nitrogen and oxygen atoms in total. The lowest BCUT2D eigenvalue weighted by Crippen LogP contribution is -2.15. The molecule has 1 aromatic rings. The molecule has 0 saturated heterocycles. The van der Waals surface area contributed by atoms with E-state index in [1.54, 1.807) is 0 Å². The normalized spacial score (nSPS) is 12.8. The summed E-state index contributed by atoms with van der Waals surface area (Å²) in [5.74, 6) is -0.431. The fourth-order valence-electron chi connectivity index (χ4n) is 1.45. The number of carboxylic acids is 1. The molecule has 0 unspecified atom stereocenters. The van der Waals surface area contributed by atoms with Gasteiger partial charge in [0.05, 0.1) is 6.42 Å². The van der Waals surface area contributed by atoms with Gasteiger partial charge in [-0.1, -0.05) is 38.1 Å². The van der Waals surface area contributed by atoms with Gasteiger partial charge in [-0.15, -0.1) is 0 Å². The zero-order valence-electron chi connectivity index (χ0n) is 9.10. The maximum Gasteiger partial charge on any atom is 0.305 e. The zero-order valence-corrected chi connectivity index (χ0v) is 9.10. The van der Waals surface area contributed by atoms with Crippen LogP contribution in [0.3, 0.4) is 0 Å². The van der Waals surface area contributed by atoms with Crippen LogP contribution >= 0.6 is 0 Å². The summed E-state index contributed by atoms with van der Waals surface area (Å²) in [7, 11) is 0. The Morgan fingerprint density at radius 1 is 1.40 bits per heavy atom. The summed E-state index contributed by atoms with van der Waals surface area (Å²) in [4.78, 5) is 10.5. The highest BCUT2D eigenvalue weighted by Gasteiger charge is 2.11. The van der Waals surface area contributed by atoms with Crippen LogP contribution in [0, 0.1) is 0 Å². The number of carboxylic acid groups (broad SMARTS) is 1. The molecule has 3 N–H and O–H groups in total. The van der Waals surface area contributed by atoms with Crippen molar-refractivity contribution in [1.29, 1.82) is 0 Å². The van der Waals surface area contributed by atoms with Crippen LogP contribution in [-0.4, -0.2) is 11.1 Å². The quantitative estimate of drug-likeness (QED) is 0.796. The fraction of sp³-hybridized carbons (Fsp3) is 0.417. The second-order valence-electron chi connectivity index (χ2n) is 4.03. The first-order chi connectivity index (χ1) is 7.00. The van der Waals surface area contributed by atoms with Crippen LogP contribution in [0.15, 0.2) is 24.3 Å². The third-order valence-corrected chi connectivity index (χ3v) is 2.40. The molecule has 3 heteroatoms. The Labute approximate surface area is 89.9 Å². The monoisotopic (exact) mass is 207 g/mol. The van der Waals surface area contributed by atoms with Crippen molar-refractivity contribution in [2.75, 3.05) is 0 Å². The van der Waals surface area contributed by atoms with Crippen LogP contribution in [0.1, 0.15) is 43.4 Å². The molecule has 1 rings (SSSR count). The minimum atomic E-state index is -0.863. The molecule has 0 fully saturated rings. The second-order valence-corrected chi connectivity index (χ2v) is 4.03. The molecule has 1 aromatic carbocycles. The van der Waals surface area contributed by atoms with Gasteiger partial charge in [0.2, 0.25) is 0 Å². The van der Waals surface area contributed by atoms with Crippen molar-refractivity contribution in [3.05, 3.63) is 35.4 Å². The Balaban J connectivity index is 2.85. The maximum atomic E-state index is 10.5. The molecule has 82 valence electrons. The first-order valence-electron chi connectivity index (χ1n) is 5.08. The van der Waals surface area contributed by atoms with Crippen molar-refractivity contribution in [2.24, 2.45) is 5.73 Å². The molecule has 1 atom stereocenters.